The zero-order chi connectivity index (χ0) is 12.5. The molecule has 2 heterocycles. The van der Waals surface area contributed by atoms with E-state index in [1.807, 2.05) is 0 Å². The standard InChI is InChI=1S/C12H10N4O2/c17-12(18)8-5-15-11(9-6-13-3-4-14-9)16-10(8)7-1-2-7/h3-7H,1-2H2,(H,17,18). The van der Waals surface area contributed by atoms with Crippen LogP contribution in [-0.2, 0) is 0 Å². The number of hydrogen-bond donors (Lipinski definition) is 1. The van der Waals surface area contributed by atoms with Gasteiger partial charge in [-0.05, 0) is 12.8 Å². The maximum atomic E-state index is 11.1. The highest BCUT2D eigenvalue weighted by atomic mass is 16.4. The Morgan fingerprint density at radius 2 is 2.06 bits per heavy atom. The van der Waals surface area contributed by atoms with Gasteiger partial charge in [-0.15, -0.1) is 0 Å². The van der Waals surface area contributed by atoms with E-state index in [1.54, 1.807) is 18.6 Å². The quantitative estimate of drug-likeness (QED) is 0.877. The Balaban J connectivity index is 2.08. The largest absolute Gasteiger partial charge is 0.478 e. The van der Waals surface area contributed by atoms with Crippen LogP contribution in [0.25, 0.3) is 11.5 Å². The fourth-order valence-electron chi connectivity index (χ4n) is 1.77. The van der Waals surface area contributed by atoms with Gasteiger partial charge in [0, 0.05) is 24.5 Å². The predicted molar refractivity (Wildman–Crippen MR) is 62.0 cm³/mol. The summed E-state index contributed by atoms with van der Waals surface area (Å²) in [6.07, 6.45) is 8.01. The Morgan fingerprint density at radius 1 is 1.22 bits per heavy atom. The van der Waals surface area contributed by atoms with Crippen LogP contribution in [0.5, 0.6) is 0 Å². The minimum absolute atomic E-state index is 0.185. The van der Waals surface area contributed by atoms with Crippen LogP contribution in [-0.4, -0.2) is 31.0 Å². The second-order valence-corrected chi connectivity index (χ2v) is 4.16. The van der Waals surface area contributed by atoms with Crippen LogP contribution < -0.4 is 0 Å². The van der Waals surface area contributed by atoms with E-state index in [0.29, 0.717) is 17.2 Å². The zero-order valence-corrected chi connectivity index (χ0v) is 9.45. The summed E-state index contributed by atoms with van der Waals surface area (Å²) in [4.78, 5) is 27.5. The molecule has 2 aromatic heterocycles. The number of carboxylic acids is 1. The monoisotopic (exact) mass is 242 g/mol. The van der Waals surface area contributed by atoms with Gasteiger partial charge in [0.15, 0.2) is 5.82 Å². The van der Waals surface area contributed by atoms with Crippen LogP contribution in [0.1, 0.15) is 34.8 Å². The third-order valence-corrected chi connectivity index (χ3v) is 2.80. The number of aromatic nitrogens is 4. The summed E-state index contributed by atoms with van der Waals surface area (Å²) >= 11 is 0. The molecule has 0 atom stereocenters. The predicted octanol–water partition coefficient (Wildman–Crippen LogP) is 1.51. The van der Waals surface area contributed by atoms with Gasteiger partial charge in [0.25, 0.3) is 0 Å². The molecule has 18 heavy (non-hydrogen) atoms. The molecule has 0 aliphatic heterocycles. The fraction of sp³-hybridized carbons (Fsp3) is 0.250. The van der Waals surface area contributed by atoms with E-state index in [1.165, 1.54) is 6.20 Å². The second kappa shape index (κ2) is 4.14. The summed E-state index contributed by atoms with van der Waals surface area (Å²) in [7, 11) is 0. The van der Waals surface area contributed by atoms with Crippen molar-refractivity contribution in [3.63, 3.8) is 0 Å². The number of aromatic carboxylic acids is 1. The van der Waals surface area contributed by atoms with Gasteiger partial charge in [0.2, 0.25) is 0 Å². The molecule has 0 spiro atoms. The van der Waals surface area contributed by atoms with Gasteiger partial charge in [-0.3, -0.25) is 4.98 Å². The number of nitrogens with zero attached hydrogens (tertiary/aromatic N) is 4. The lowest BCUT2D eigenvalue weighted by molar-refractivity contribution is 0.0694. The molecule has 0 unspecified atom stereocenters. The molecule has 2 aromatic rings. The summed E-state index contributed by atoms with van der Waals surface area (Å²) in [5, 5.41) is 9.10. The van der Waals surface area contributed by atoms with E-state index < -0.39 is 5.97 Å². The van der Waals surface area contributed by atoms with E-state index in [2.05, 4.69) is 19.9 Å². The van der Waals surface area contributed by atoms with Crippen molar-refractivity contribution in [3.05, 3.63) is 36.0 Å². The highest BCUT2D eigenvalue weighted by Gasteiger charge is 2.30. The minimum atomic E-state index is -0.984. The molecule has 1 fully saturated rings. The molecule has 1 aliphatic rings. The van der Waals surface area contributed by atoms with Crippen molar-refractivity contribution in [2.45, 2.75) is 18.8 Å². The maximum absolute atomic E-state index is 11.1. The molecule has 0 saturated heterocycles. The SMILES string of the molecule is O=C(O)c1cnc(-c2cnccn2)nc1C1CC1. The van der Waals surface area contributed by atoms with Crippen LogP contribution in [0, 0.1) is 0 Å². The first-order valence-electron chi connectivity index (χ1n) is 5.62. The smallest absolute Gasteiger partial charge is 0.339 e. The maximum Gasteiger partial charge on any atom is 0.339 e. The molecule has 0 bridgehead atoms. The Hall–Kier alpha value is -2.37. The molecule has 1 saturated carbocycles. The van der Waals surface area contributed by atoms with Gasteiger partial charge >= 0.3 is 5.97 Å². The summed E-state index contributed by atoms with van der Waals surface area (Å²) < 4.78 is 0. The summed E-state index contributed by atoms with van der Waals surface area (Å²) in [6.45, 7) is 0. The Morgan fingerprint density at radius 3 is 2.67 bits per heavy atom. The molecule has 1 N–H and O–H groups in total. The number of rotatable bonds is 3. The third-order valence-electron chi connectivity index (χ3n) is 2.80. The van der Waals surface area contributed by atoms with Crippen molar-refractivity contribution in [1.82, 2.24) is 19.9 Å². The molecule has 0 amide bonds. The van der Waals surface area contributed by atoms with Gasteiger partial charge < -0.3 is 5.11 Å². The fourth-order valence-corrected chi connectivity index (χ4v) is 1.77. The average molecular weight is 242 g/mol. The molecule has 6 heteroatoms. The first kappa shape index (κ1) is 10.8. The third kappa shape index (κ3) is 1.92. The summed E-state index contributed by atoms with van der Waals surface area (Å²) in [5.41, 5.74) is 1.35. The van der Waals surface area contributed by atoms with E-state index >= 15 is 0 Å². The van der Waals surface area contributed by atoms with Crippen molar-refractivity contribution in [2.24, 2.45) is 0 Å². The normalized spacial score (nSPS) is 14.4. The lowest BCUT2D eigenvalue weighted by atomic mass is 10.1. The van der Waals surface area contributed by atoms with E-state index in [0.717, 1.165) is 12.8 Å². The topological polar surface area (TPSA) is 88.9 Å². The highest BCUT2D eigenvalue weighted by molar-refractivity contribution is 5.89. The Bertz CT molecular complexity index is 596. The zero-order valence-electron chi connectivity index (χ0n) is 9.45. The van der Waals surface area contributed by atoms with E-state index in [4.69, 9.17) is 5.11 Å². The molecular weight excluding hydrogens is 232 g/mol. The number of carbonyl (C=O) groups is 1. The number of carboxylic acid groups (broad SMARTS) is 1. The van der Waals surface area contributed by atoms with E-state index in [-0.39, 0.29) is 11.5 Å². The van der Waals surface area contributed by atoms with Gasteiger partial charge in [0.05, 0.1) is 17.5 Å². The van der Waals surface area contributed by atoms with Crippen molar-refractivity contribution < 1.29 is 9.90 Å². The molecule has 0 aromatic carbocycles. The second-order valence-electron chi connectivity index (χ2n) is 4.16. The first-order valence-corrected chi connectivity index (χ1v) is 5.62. The molecule has 6 nitrogen and oxygen atoms in total. The van der Waals surface area contributed by atoms with Crippen LogP contribution >= 0.6 is 0 Å². The molecule has 90 valence electrons. The average Bonchev–Trinajstić information content (AvgIpc) is 3.23. The van der Waals surface area contributed by atoms with Crippen LogP contribution in [0.15, 0.2) is 24.8 Å². The van der Waals surface area contributed by atoms with Crippen molar-refractivity contribution in [1.29, 1.82) is 0 Å². The van der Waals surface area contributed by atoms with Crippen LogP contribution in [0.2, 0.25) is 0 Å². The van der Waals surface area contributed by atoms with Crippen LogP contribution in [0.3, 0.4) is 0 Å². The molecule has 3 rings (SSSR count). The lowest BCUT2D eigenvalue weighted by Crippen LogP contribution is -2.07. The lowest BCUT2D eigenvalue weighted by Gasteiger charge is -2.05. The van der Waals surface area contributed by atoms with Gasteiger partial charge in [0.1, 0.15) is 5.69 Å². The van der Waals surface area contributed by atoms with E-state index in [9.17, 15) is 4.79 Å². The Labute approximate surface area is 103 Å². The molecule has 1 aliphatic carbocycles. The Kier molecular flexibility index (Phi) is 2.47. The van der Waals surface area contributed by atoms with Gasteiger partial charge in [-0.25, -0.2) is 19.7 Å². The van der Waals surface area contributed by atoms with Gasteiger partial charge in [-0.2, -0.15) is 0 Å². The summed E-state index contributed by atoms with van der Waals surface area (Å²) in [6, 6.07) is 0. The number of hydrogen-bond acceptors (Lipinski definition) is 5. The van der Waals surface area contributed by atoms with Crippen molar-refractivity contribution >= 4 is 5.97 Å². The minimum Gasteiger partial charge on any atom is -0.478 e. The molecule has 0 radical (unpaired) electrons. The van der Waals surface area contributed by atoms with Crippen molar-refractivity contribution in [2.75, 3.05) is 0 Å². The molecular formula is C12H10N4O2. The van der Waals surface area contributed by atoms with Crippen molar-refractivity contribution in [3.8, 4) is 11.5 Å². The van der Waals surface area contributed by atoms with Crippen LogP contribution in [0.4, 0.5) is 0 Å². The highest BCUT2D eigenvalue weighted by Crippen LogP contribution is 2.40. The summed E-state index contributed by atoms with van der Waals surface area (Å²) in [5.74, 6) is -0.313. The van der Waals surface area contributed by atoms with Gasteiger partial charge in [-0.1, -0.05) is 0 Å². The first-order chi connectivity index (χ1) is 8.75.